The molecule has 0 aliphatic rings. The maximum atomic E-state index is 12.1. The highest BCUT2D eigenvalue weighted by Gasteiger charge is 2.13. The summed E-state index contributed by atoms with van der Waals surface area (Å²) in [6.07, 6.45) is 0. The van der Waals surface area contributed by atoms with Gasteiger partial charge in [-0.2, -0.15) is 0 Å². The first-order valence-electron chi connectivity index (χ1n) is 7.50. The van der Waals surface area contributed by atoms with Gasteiger partial charge in [0.25, 0.3) is 0 Å². The number of nitrogens with zero attached hydrogens (tertiary/aromatic N) is 1. The van der Waals surface area contributed by atoms with Crippen LogP contribution in [0.4, 0.5) is 15.6 Å². The largest absolute Gasteiger partial charge is 0.497 e. The van der Waals surface area contributed by atoms with Crippen molar-refractivity contribution in [2.75, 3.05) is 24.9 Å². The molecule has 7 heteroatoms. The average Bonchev–Trinajstić information content (AvgIpc) is 3.10. The molecule has 25 heavy (non-hydrogen) atoms. The molecule has 1 aromatic heterocycles. The maximum absolute atomic E-state index is 12.1. The second-order valence-corrected chi connectivity index (χ2v) is 5.91. The van der Waals surface area contributed by atoms with Gasteiger partial charge in [-0.05, 0) is 30.3 Å². The summed E-state index contributed by atoms with van der Waals surface area (Å²) in [6, 6.07) is 14.4. The van der Waals surface area contributed by atoms with Crippen molar-refractivity contribution in [2.24, 2.45) is 0 Å². The van der Waals surface area contributed by atoms with E-state index >= 15 is 0 Å². The smallest absolute Gasteiger partial charge is 0.325 e. The zero-order valence-corrected chi connectivity index (χ0v) is 14.6. The van der Waals surface area contributed by atoms with Crippen molar-refractivity contribution in [2.45, 2.75) is 0 Å². The molecule has 0 aliphatic carbocycles. The van der Waals surface area contributed by atoms with Crippen LogP contribution in [0.25, 0.3) is 11.3 Å². The van der Waals surface area contributed by atoms with E-state index in [4.69, 9.17) is 9.47 Å². The van der Waals surface area contributed by atoms with E-state index in [0.29, 0.717) is 28.0 Å². The maximum Gasteiger partial charge on any atom is 0.325 e. The summed E-state index contributed by atoms with van der Waals surface area (Å²) in [6.45, 7) is 0. The van der Waals surface area contributed by atoms with Gasteiger partial charge in [0.2, 0.25) is 0 Å². The SMILES string of the molecule is COc1ccc(OC)c(-c2csc(NC(=O)Nc3ccccc3)n2)c1. The lowest BCUT2D eigenvalue weighted by molar-refractivity contribution is 0.262. The number of carbonyl (C=O) groups excluding carboxylic acids is 1. The molecular formula is C18H17N3O3S. The Balaban J connectivity index is 1.75. The van der Waals surface area contributed by atoms with Crippen molar-refractivity contribution in [3.63, 3.8) is 0 Å². The molecule has 0 radical (unpaired) electrons. The van der Waals surface area contributed by atoms with Gasteiger partial charge in [-0.15, -0.1) is 11.3 Å². The Morgan fingerprint density at radius 2 is 1.84 bits per heavy atom. The number of urea groups is 1. The van der Waals surface area contributed by atoms with Gasteiger partial charge in [-0.1, -0.05) is 18.2 Å². The molecular weight excluding hydrogens is 338 g/mol. The van der Waals surface area contributed by atoms with Gasteiger partial charge in [0, 0.05) is 16.6 Å². The lowest BCUT2D eigenvalue weighted by atomic mass is 10.1. The van der Waals surface area contributed by atoms with Crippen molar-refractivity contribution < 1.29 is 14.3 Å². The van der Waals surface area contributed by atoms with Gasteiger partial charge in [-0.3, -0.25) is 5.32 Å². The summed E-state index contributed by atoms with van der Waals surface area (Å²) >= 11 is 1.34. The molecule has 2 amide bonds. The van der Waals surface area contributed by atoms with E-state index < -0.39 is 0 Å². The summed E-state index contributed by atoms with van der Waals surface area (Å²) in [5.41, 5.74) is 2.22. The molecule has 0 spiro atoms. The van der Waals surface area contributed by atoms with Crippen LogP contribution in [-0.4, -0.2) is 25.2 Å². The van der Waals surface area contributed by atoms with Crippen molar-refractivity contribution >= 4 is 28.2 Å². The highest BCUT2D eigenvalue weighted by Crippen LogP contribution is 2.35. The number of nitrogens with one attached hydrogen (secondary N) is 2. The van der Waals surface area contributed by atoms with Crippen LogP contribution >= 0.6 is 11.3 Å². The minimum Gasteiger partial charge on any atom is -0.497 e. The number of benzene rings is 2. The highest BCUT2D eigenvalue weighted by atomic mass is 32.1. The third-order valence-corrected chi connectivity index (χ3v) is 4.20. The molecule has 1 heterocycles. The predicted octanol–water partition coefficient (Wildman–Crippen LogP) is 4.47. The van der Waals surface area contributed by atoms with Crippen LogP contribution in [0.5, 0.6) is 11.5 Å². The van der Waals surface area contributed by atoms with Gasteiger partial charge < -0.3 is 14.8 Å². The van der Waals surface area contributed by atoms with E-state index in [9.17, 15) is 4.79 Å². The van der Waals surface area contributed by atoms with Crippen LogP contribution in [-0.2, 0) is 0 Å². The van der Waals surface area contributed by atoms with Gasteiger partial charge in [-0.25, -0.2) is 9.78 Å². The van der Waals surface area contributed by atoms with E-state index in [-0.39, 0.29) is 6.03 Å². The van der Waals surface area contributed by atoms with E-state index in [1.54, 1.807) is 14.2 Å². The first-order chi connectivity index (χ1) is 12.2. The van der Waals surface area contributed by atoms with Crippen LogP contribution in [0, 0.1) is 0 Å². The first-order valence-corrected chi connectivity index (χ1v) is 8.38. The molecule has 0 bridgehead atoms. The van der Waals surface area contributed by atoms with Crippen LogP contribution in [0.1, 0.15) is 0 Å². The average molecular weight is 355 g/mol. The second kappa shape index (κ2) is 7.67. The monoisotopic (exact) mass is 355 g/mol. The van der Waals surface area contributed by atoms with Crippen molar-refractivity contribution in [3.8, 4) is 22.8 Å². The Hall–Kier alpha value is -3.06. The first kappa shape index (κ1) is 16.8. The summed E-state index contributed by atoms with van der Waals surface area (Å²) in [4.78, 5) is 16.5. The summed E-state index contributed by atoms with van der Waals surface area (Å²) < 4.78 is 10.6. The lowest BCUT2D eigenvalue weighted by Gasteiger charge is -2.08. The summed E-state index contributed by atoms with van der Waals surface area (Å²) in [5, 5.41) is 7.83. The Morgan fingerprint density at radius 1 is 1.04 bits per heavy atom. The number of rotatable bonds is 5. The number of methoxy groups -OCH3 is 2. The standard InChI is InChI=1S/C18H17N3O3S/c1-23-13-8-9-16(24-2)14(10-13)15-11-25-18(20-15)21-17(22)19-12-6-4-3-5-7-12/h3-11H,1-2H3,(H2,19,20,21,22). The van der Waals surface area contributed by atoms with Crippen LogP contribution < -0.4 is 20.1 Å². The van der Waals surface area contributed by atoms with Crippen molar-refractivity contribution in [3.05, 3.63) is 53.9 Å². The number of hydrogen-bond donors (Lipinski definition) is 2. The quantitative estimate of drug-likeness (QED) is 0.708. The molecule has 3 rings (SSSR count). The molecule has 0 saturated heterocycles. The van der Waals surface area contributed by atoms with Crippen LogP contribution in [0.3, 0.4) is 0 Å². The molecule has 6 nitrogen and oxygen atoms in total. The van der Waals surface area contributed by atoms with Gasteiger partial charge in [0.15, 0.2) is 5.13 Å². The second-order valence-electron chi connectivity index (χ2n) is 5.05. The van der Waals surface area contributed by atoms with Crippen LogP contribution in [0.15, 0.2) is 53.9 Å². The number of hydrogen-bond acceptors (Lipinski definition) is 5. The number of aromatic nitrogens is 1. The van der Waals surface area contributed by atoms with E-state index in [1.807, 2.05) is 53.9 Å². The number of anilines is 2. The van der Waals surface area contributed by atoms with Crippen molar-refractivity contribution in [1.29, 1.82) is 0 Å². The predicted molar refractivity (Wildman–Crippen MR) is 99.7 cm³/mol. The van der Waals surface area contributed by atoms with E-state index in [2.05, 4.69) is 15.6 Å². The summed E-state index contributed by atoms with van der Waals surface area (Å²) in [5.74, 6) is 1.39. The van der Waals surface area contributed by atoms with Gasteiger partial charge in [0.05, 0.1) is 19.9 Å². The topological polar surface area (TPSA) is 72.5 Å². The number of ether oxygens (including phenoxy) is 2. The van der Waals surface area contributed by atoms with Gasteiger partial charge in [0.1, 0.15) is 11.5 Å². The Bertz CT molecular complexity index is 865. The van der Waals surface area contributed by atoms with E-state index in [1.165, 1.54) is 11.3 Å². The molecule has 2 N–H and O–H groups in total. The van der Waals surface area contributed by atoms with Crippen LogP contribution in [0.2, 0.25) is 0 Å². The zero-order chi connectivity index (χ0) is 17.6. The van der Waals surface area contributed by atoms with Crippen molar-refractivity contribution in [1.82, 2.24) is 4.98 Å². The molecule has 3 aromatic rings. The normalized spacial score (nSPS) is 10.2. The Kier molecular flexibility index (Phi) is 5.15. The minimum absolute atomic E-state index is 0.343. The number of carbonyl (C=O) groups is 1. The minimum atomic E-state index is -0.343. The fourth-order valence-electron chi connectivity index (χ4n) is 2.25. The Morgan fingerprint density at radius 3 is 2.56 bits per heavy atom. The molecule has 0 atom stereocenters. The fraction of sp³-hybridized carbons (Fsp3) is 0.111. The fourth-order valence-corrected chi connectivity index (χ4v) is 2.96. The number of thiazole rings is 1. The lowest BCUT2D eigenvalue weighted by Crippen LogP contribution is -2.19. The molecule has 128 valence electrons. The Labute approximate surface area is 149 Å². The zero-order valence-electron chi connectivity index (χ0n) is 13.8. The van der Waals surface area contributed by atoms with E-state index in [0.717, 1.165) is 5.56 Å². The third kappa shape index (κ3) is 4.07. The number of para-hydroxylation sites is 1. The molecule has 0 aliphatic heterocycles. The summed E-state index contributed by atoms with van der Waals surface area (Å²) in [7, 11) is 3.21. The van der Waals surface area contributed by atoms with Gasteiger partial charge >= 0.3 is 6.03 Å². The molecule has 2 aromatic carbocycles. The molecule has 0 unspecified atom stereocenters. The number of amides is 2. The molecule has 0 saturated carbocycles. The highest BCUT2D eigenvalue weighted by molar-refractivity contribution is 7.14. The molecule has 0 fully saturated rings. The third-order valence-electron chi connectivity index (χ3n) is 3.44.